The van der Waals surface area contributed by atoms with Crippen LogP contribution in [0.1, 0.15) is 10.4 Å². The molecule has 0 fully saturated rings. The highest BCUT2D eigenvalue weighted by Crippen LogP contribution is 2.38. The molecule has 124 valence electrons. The lowest BCUT2D eigenvalue weighted by atomic mass is 9.97. The highest BCUT2D eigenvalue weighted by molar-refractivity contribution is 8.00. The van der Waals surface area contributed by atoms with Crippen LogP contribution in [0.25, 0.3) is 0 Å². The maximum Gasteiger partial charge on any atom is 0.197 e. The molecule has 0 radical (unpaired) electrons. The van der Waals surface area contributed by atoms with E-state index >= 15 is 0 Å². The van der Waals surface area contributed by atoms with Gasteiger partial charge in [0.1, 0.15) is 5.82 Å². The van der Waals surface area contributed by atoms with E-state index in [1.807, 2.05) is 42.7 Å². The van der Waals surface area contributed by atoms with E-state index in [9.17, 15) is 9.18 Å². The summed E-state index contributed by atoms with van der Waals surface area (Å²) in [4.78, 5) is 15.4. The number of anilines is 1. The molecule has 3 rings (SSSR count). The number of carbonyl (C=O) groups excluding carboxylic acids is 1. The largest absolute Gasteiger partial charge is 0.383 e. The van der Waals surface area contributed by atoms with Crippen LogP contribution in [0.2, 0.25) is 5.02 Å². The first-order valence-electron chi connectivity index (χ1n) is 7.37. The number of nitrogens with zero attached hydrogens (tertiary/aromatic N) is 2. The van der Waals surface area contributed by atoms with E-state index in [4.69, 9.17) is 11.6 Å². The van der Waals surface area contributed by atoms with Crippen LogP contribution in [-0.2, 0) is 0 Å². The quantitative estimate of drug-likeness (QED) is 0.586. The molecule has 0 N–H and O–H groups in total. The number of Topliss-reactive ketones (excluding diaryl/α,β-unsaturated/α-hetero) is 1. The lowest BCUT2D eigenvalue weighted by Gasteiger charge is -2.31. The van der Waals surface area contributed by atoms with Crippen molar-refractivity contribution in [1.82, 2.24) is 4.90 Å². The average Bonchev–Trinajstić information content (AvgIpc) is 2.53. The fourth-order valence-electron chi connectivity index (χ4n) is 2.53. The number of hydrogen-bond acceptors (Lipinski definition) is 4. The van der Waals surface area contributed by atoms with Crippen molar-refractivity contribution in [3.63, 3.8) is 0 Å². The van der Waals surface area contributed by atoms with Crippen LogP contribution in [-0.4, -0.2) is 31.3 Å². The number of ketones is 1. The standard InChI is InChI=1S/C18H16ClFN2OS/c1-21(2)10-12-11-22(24-14-8-6-13(19)7-9-14)16-5-3-4-15(20)17(16)18(12)23/h3-10H,11H2,1-2H3. The molecule has 1 heterocycles. The van der Waals surface area contributed by atoms with Crippen LogP contribution in [0.4, 0.5) is 10.1 Å². The summed E-state index contributed by atoms with van der Waals surface area (Å²) >= 11 is 7.38. The van der Waals surface area contributed by atoms with E-state index in [-0.39, 0.29) is 11.3 Å². The van der Waals surface area contributed by atoms with Crippen molar-refractivity contribution in [3.8, 4) is 0 Å². The van der Waals surface area contributed by atoms with Gasteiger partial charge in [-0.05, 0) is 48.3 Å². The van der Waals surface area contributed by atoms with Crippen molar-refractivity contribution in [1.29, 1.82) is 0 Å². The Labute approximate surface area is 149 Å². The summed E-state index contributed by atoms with van der Waals surface area (Å²) in [6, 6.07) is 12.1. The first-order valence-corrected chi connectivity index (χ1v) is 8.52. The smallest absolute Gasteiger partial charge is 0.197 e. The van der Waals surface area contributed by atoms with Crippen molar-refractivity contribution < 1.29 is 9.18 Å². The van der Waals surface area contributed by atoms with Crippen LogP contribution >= 0.6 is 23.5 Å². The van der Waals surface area contributed by atoms with Gasteiger partial charge in [0.05, 0.1) is 17.8 Å². The van der Waals surface area contributed by atoms with Gasteiger partial charge in [-0.15, -0.1) is 0 Å². The van der Waals surface area contributed by atoms with Gasteiger partial charge in [-0.25, -0.2) is 4.39 Å². The van der Waals surface area contributed by atoms with Crippen LogP contribution < -0.4 is 4.31 Å². The Balaban J connectivity index is 2.02. The van der Waals surface area contributed by atoms with Crippen molar-refractivity contribution in [2.75, 3.05) is 24.9 Å². The molecule has 6 heteroatoms. The molecule has 0 unspecified atom stereocenters. The molecule has 0 bridgehead atoms. The fourth-order valence-corrected chi connectivity index (χ4v) is 3.63. The van der Waals surface area contributed by atoms with E-state index in [1.54, 1.807) is 23.2 Å². The van der Waals surface area contributed by atoms with Crippen LogP contribution in [0.15, 0.2) is 59.1 Å². The van der Waals surface area contributed by atoms with Gasteiger partial charge in [-0.2, -0.15) is 0 Å². The van der Waals surface area contributed by atoms with Crippen molar-refractivity contribution >= 4 is 35.0 Å². The molecule has 0 amide bonds. The van der Waals surface area contributed by atoms with Crippen LogP contribution in [0, 0.1) is 5.82 Å². The molecular formula is C18H16ClFN2OS. The number of halogens is 2. The van der Waals surface area contributed by atoms with Gasteiger partial charge < -0.3 is 9.21 Å². The second kappa shape index (κ2) is 6.87. The van der Waals surface area contributed by atoms with E-state index in [0.717, 1.165) is 4.90 Å². The maximum absolute atomic E-state index is 14.3. The van der Waals surface area contributed by atoms with E-state index in [1.165, 1.54) is 18.0 Å². The number of rotatable bonds is 3. The van der Waals surface area contributed by atoms with Gasteiger partial charge >= 0.3 is 0 Å². The Morgan fingerprint density at radius 3 is 2.58 bits per heavy atom. The Morgan fingerprint density at radius 2 is 1.92 bits per heavy atom. The molecule has 0 aliphatic carbocycles. The SMILES string of the molecule is CN(C)C=C1CN(Sc2ccc(Cl)cc2)c2cccc(F)c2C1=O. The summed E-state index contributed by atoms with van der Waals surface area (Å²) in [7, 11) is 3.68. The predicted octanol–water partition coefficient (Wildman–Crippen LogP) is 4.63. The zero-order valence-corrected chi connectivity index (χ0v) is 14.9. The lowest BCUT2D eigenvalue weighted by Crippen LogP contribution is -2.30. The van der Waals surface area contributed by atoms with Gasteiger partial charge in [0.15, 0.2) is 5.78 Å². The fraction of sp³-hybridized carbons (Fsp3) is 0.167. The van der Waals surface area contributed by atoms with Crippen LogP contribution in [0.3, 0.4) is 0 Å². The van der Waals surface area contributed by atoms with Crippen molar-refractivity contribution in [3.05, 3.63) is 70.6 Å². The molecule has 2 aromatic carbocycles. The topological polar surface area (TPSA) is 23.6 Å². The summed E-state index contributed by atoms with van der Waals surface area (Å²) in [6.45, 7) is 0.404. The van der Waals surface area contributed by atoms with E-state index in [0.29, 0.717) is 22.8 Å². The summed E-state index contributed by atoms with van der Waals surface area (Å²) < 4.78 is 16.2. The molecule has 0 aromatic heterocycles. The Hall–Kier alpha value is -1.98. The Morgan fingerprint density at radius 1 is 1.21 bits per heavy atom. The van der Waals surface area contributed by atoms with Gasteiger partial charge in [0.2, 0.25) is 0 Å². The monoisotopic (exact) mass is 362 g/mol. The number of carbonyl (C=O) groups is 1. The normalized spacial score (nSPS) is 15.6. The summed E-state index contributed by atoms with van der Waals surface area (Å²) in [6.07, 6.45) is 1.74. The van der Waals surface area contributed by atoms with Gasteiger partial charge in [-0.3, -0.25) is 4.79 Å². The molecule has 1 aliphatic heterocycles. The van der Waals surface area contributed by atoms with Crippen molar-refractivity contribution in [2.45, 2.75) is 4.90 Å². The zero-order chi connectivity index (χ0) is 17.3. The minimum Gasteiger partial charge on any atom is -0.383 e. The molecule has 0 saturated carbocycles. The minimum absolute atomic E-state index is 0.123. The molecule has 3 nitrogen and oxygen atoms in total. The number of fused-ring (bicyclic) bond motifs is 1. The Kier molecular flexibility index (Phi) is 4.83. The van der Waals surface area contributed by atoms with Gasteiger partial charge in [0.25, 0.3) is 0 Å². The molecule has 0 saturated heterocycles. The zero-order valence-electron chi connectivity index (χ0n) is 13.3. The molecule has 24 heavy (non-hydrogen) atoms. The first kappa shape index (κ1) is 16.9. The third-order valence-corrected chi connectivity index (χ3v) is 4.82. The second-order valence-corrected chi connectivity index (χ2v) is 7.19. The lowest BCUT2D eigenvalue weighted by molar-refractivity contribution is 0.102. The van der Waals surface area contributed by atoms with Gasteiger partial charge in [-0.1, -0.05) is 17.7 Å². The van der Waals surface area contributed by atoms with Gasteiger partial charge in [0, 0.05) is 35.8 Å². The molecule has 1 aliphatic rings. The number of hydrogen-bond donors (Lipinski definition) is 0. The molecule has 0 atom stereocenters. The third kappa shape index (κ3) is 3.42. The first-order chi connectivity index (χ1) is 11.5. The summed E-state index contributed by atoms with van der Waals surface area (Å²) in [5, 5.41) is 0.660. The van der Waals surface area contributed by atoms with Crippen LogP contribution in [0.5, 0.6) is 0 Å². The highest BCUT2D eigenvalue weighted by atomic mass is 35.5. The molecular weight excluding hydrogens is 347 g/mol. The molecule has 2 aromatic rings. The van der Waals surface area contributed by atoms with E-state index in [2.05, 4.69) is 0 Å². The summed E-state index contributed by atoms with van der Waals surface area (Å²) in [5.41, 5.74) is 1.27. The predicted molar refractivity (Wildman–Crippen MR) is 97.2 cm³/mol. The summed E-state index contributed by atoms with van der Waals surface area (Å²) in [5.74, 6) is -0.756. The molecule has 0 spiro atoms. The highest BCUT2D eigenvalue weighted by Gasteiger charge is 2.30. The average molecular weight is 363 g/mol. The second-order valence-electron chi connectivity index (χ2n) is 5.66. The maximum atomic E-state index is 14.3. The van der Waals surface area contributed by atoms with Crippen molar-refractivity contribution in [2.24, 2.45) is 0 Å². The minimum atomic E-state index is -0.497. The van der Waals surface area contributed by atoms with E-state index < -0.39 is 5.82 Å². The third-order valence-electron chi connectivity index (χ3n) is 3.54. The Bertz CT molecular complexity index is 805. The number of benzene rings is 2.